The summed E-state index contributed by atoms with van der Waals surface area (Å²) in [7, 11) is 0. The fourth-order valence-corrected chi connectivity index (χ4v) is 2.32. The van der Waals surface area contributed by atoms with Crippen molar-refractivity contribution in [3.63, 3.8) is 0 Å². The first-order valence-electron chi connectivity index (χ1n) is 8.17. The minimum absolute atomic E-state index is 0.0454. The van der Waals surface area contributed by atoms with Gasteiger partial charge in [-0.3, -0.25) is 30.7 Å². The summed E-state index contributed by atoms with van der Waals surface area (Å²) in [5, 5.41) is 14.0. The van der Waals surface area contributed by atoms with Crippen LogP contribution in [0.2, 0.25) is 0 Å². The molecule has 13 heteroatoms. The average Bonchev–Trinajstić information content (AvgIpc) is 2.72. The van der Waals surface area contributed by atoms with Gasteiger partial charge in [-0.25, -0.2) is 9.97 Å². The molecule has 0 fully saturated rings. The standard InChI is InChI=1S/C17H12F3N7O3/c18-17(19,20)10-4-3-5-11(8-10)24-14-13(27(29)30)15(23-9-22-14)25-26-16(28)12-6-1-2-7-21-12/h1-9H,(H,26,28)(H2,22,23,24,25). The van der Waals surface area contributed by atoms with Gasteiger partial charge in [0.05, 0.1) is 10.5 Å². The number of hydrazine groups is 1. The van der Waals surface area contributed by atoms with Gasteiger partial charge in [0.1, 0.15) is 12.0 Å². The van der Waals surface area contributed by atoms with Gasteiger partial charge >= 0.3 is 11.9 Å². The number of anilines is 3. The zero-order valence-electron chi connectivity index (χ0n) is 14.8. The van der Waals surface area contributed by atoms with Gasteiger partial charge in [-0.05, 0) is 30.3 Å². The van der Waals surface area contributed by atoms with Crippen molar-refractivity contribution >= 4 is 28.9 Å². The number of aromatic nitrogens is 3. The fraction of sp³-hybridized carbons (Fsp3) is 0.0588. The molecule has 0 saturated carbocycles. The summed E-state index contributed by atoms with van der Waals surface area (Å²) >= 11 is 0. The fourth-order valence-electron chi connectivity index (χ4n) is 2.32. The summed E-state index contributed by atoms with van der Waals surface area (Å²) in [6.45, 7) is 0. The van der Waals surface area contributed by atoms with Crippen LogP contribution in [0.25, 0.3) is 0 Å². The highest BCUT2D eigenvalue weighted by atomic mass is 19.4. The molecule has 3 N–H and O–H groups in total. The Kier molecular flexibility index (Phi) is 5.71. The normalized spacial score (nSPS) is 10.9. The number of rotatable bonds is 6. The molecule has 0 unspecified atom stereocenters. The largest absolute Gasteiger partial charge is 0.416 e. The average molecular weight is 419 g/mol. The highest BCUT2D eigenvalue weighted by Crippen LogP contribution is 2.34. The summed E-state index contributed by atoms with van der Waals surface area (Å²) in [6, 6.07) is 8.67. The number of hydrogen-bond donors (Lipinski definition) is 3. The van der Waals surface area contributed by atoms with Crippen LogP contribution in [0.3, 0.4) is 0 Å². The summed E-state index contributed by atoms with van der Waals surface area (Å²) in [4.78, 5) is 34.0. The third-order valence-electron chi connectivity index (χ3n) is 3.65. The lowest BCUT2D eigenvalue weighted by Gasteiger charge is -2.12. The molecule has 1 amide bonds. The Balaban J connectivity index is 1.85. The molecule has 0 radical (unpaired) electrons. The SMILES string of the molecule is O=C(NNc1ncnc(Nc2cccc(C(F)(F)F)c2)c1[N+](=O)[O-])c1ccccn1. The van der Waals surface area contributed by atoms with E-state index in [1.54, 1.807) is 12.1 Å². The van der Waals surface area contributed by atoms with Crippen LogP contribution in [0.4, 0.5) is 36.2 Å². The predicted molar refractivity (Wildman–Crippen MR) is 98.7 cm³/mol. The third kappa shape index (κ3) is 4.76. The summed E-state index contributed by atoms with van der Waals surface area (Å²) in [5.74, 6) is -1.44. The van der Waals surface area contributed by atoms with Crippen LogP contribution < -0.4 is 16.2 Å². The number of halogens is 3. The molecule has 0 spiro atoms. The van der Waals surface area contributed by atoms with E-state index in [1.807, 2.05) is 0 Å². The second-order valence-corrected chi connectivity index (χ2v) is 5.67. The van der Waals surface area contributed by atoms with Gasteiger partial charge in [-0.15, -0.1) is 0 Å². The molecule has 0 aliphatic heterocycles. The molecule has 1 aromatic carbocycles. The quantitative estimate of drug-likeness (QED) is 0.409. The Morgan fingerprint density at radius 1 is 1.03 bits per heavy atom. The van der Waals surface area contributed by atoms with Gasteiger partial charge < -0.3 is 5.32 Å². The van der Waals surface area contributed by atoms with Gasteiger partial charge in [0.2, 0.25) is 11.6 Å². The van der Waals surface area contributed by atoms with Crippen LogP contribution in [-0.2, 0) is 6.18 Å². The van der Waals surface area contributed by atoms with E-state index in [9.17, 15) is 28.1 Å². The Hall–Kier alpha value is -4.29. The Labute approximate surface area is 166 Å². The van der Waals surface area contributed by atoms with E-state index < -0.39 is 28.3 Å². The molecule has 30 heavy (non-hydrogen) atoms. The molecule has 2 aromatic heterocycles. The van der Waals surface area contributed by atoms with Crippen molar-refractivity contribution in [2.75, 3.05) is 10.7 Å². The summed E-state index contributed by atoms with van der Waals surface area (Å²) in [6.07, 6.45) is -2.25. The van der Waals surface area contributed by atoms with Crippen LogP contribution in [-0.4, -0.2) is 25.8 Å². The maximum Gasteiger partial charge on any atom is 0.416 e. The van der Waals surface area contributed by atoms with Gasteiger partial charge in [-0.2, -0.15) is 13.2 Å². The maximum absolute atomic E-state index is 12.9. The van der Waals surface area contributed by atoms with Crippen molar-refractivity contribution in [3.05, 3.63) is 76.4 Å². The molecule has 3 aromatic rings. The first-order chi connectivity index (χ1) is 14.3. The van der Waals surface area contributed by atoms with E-state index in [4.69, 9.17) is 0 Å². The number of hydrogen-bond acceptors (Lipinski definition) is 8. The number of nitrogens with zero attached hydrogens (tertiary/aromatic N) is 4. The Morgan fingerprint density at radius 3 is 2.47 bits per heavy atom. The first kappa shape index (κ1) is 20.4. The van der Waals surface area contributed by atoms with Gasteiger partial charge in [-0.1, -0.05) is 12.1 Å². The molecule has 154 valence electrons. The smallest absolute Gasteiger partial charge is 0.334 e. The Bertz CT molecular complexity index is 1080. The number of carbonyl (C=O) groups is 1. The number of nitrogens with one attached hydrogen (secondary N) is 3. The molecular formula is C17H12F3N7O3. The van der Waals surface area contributed by atoms with E-state index >= 15 is 0 Å². The molecule has 0 saturated heterocycles. The van der Waals surface area contributed by atoms with Crippen LogP contribution >= 0.6 is 0 Å². The summed E-state index contributed by atoms with van der Waals surface area (Å²) in [5.41, 5.74) is 2.86. The molecule has 0 aliphatic rings. The molecule has 3 rings (SSSR count). The summed E-state index contributed by atoms with van der Waals surface area (Å²) < 4.78 is 38.6. The molecule has 0 bridgehead atoms. The molecule has 0 atom stereocenters. The van der Waals surface area contributed by atoms with E-state index in [1.165, 1.54) is 18.3 Å². The minimum atomic E-state index is -4.59. The van der Waals surface area contributed by atoms with Gasteiger partial charge in [0, 0.05) is 11.9 Å². The predicted octanol–water partition coefficient (Wildman–Crippen LogP) is 3.30. The number of alkyl halides is 3. The van der Waals surface area contributed by atoms with Gasteiger partial charge in [0.25, 0.3) is 5.91 Å². The highest BCUT2D eigenvalue weighted by molar-refractivity contribution is 5.93. The molecular weight excluding hydrogens is 407 g/mol. The molecule has 0 aliphatic carbocycles. The molecule has 2 heterocycles. The van der Waals surface area contributed by atoms with E-state index in [2.05, 4.69) is 31.1 Å². The highest BCUT2D eigenvalue weighted by Gasteiger charge is 2.31. The van der Waals surface area contributed by atoms with Crippen LogP contribution in [0.5, 0.6) is 0 Å². The van der Waals surface area contributed by atoms with E-state index in [0.717, 1.165) is 24.5 Å². The number of amides is 1. The lowest BCUT2D eigenvalue weighted by Crippen LogP contribution is -2.31. The van der Waals surface area contributed by atoms with Gasteiger partial charge in [0.15, 0.2) is 0 Å². The number of pyridine rings is 1. The van der Waals surface area contributed by atoms with Crippen molar-refractivity contribution in [3.8, 4) is 0 Å². The lowest BCUT2D eigenvalue weighted by atomic mass is 10.2. The van der Waals surface area contributed by atoms with E-state index in [-0.39, 0.29) is 23.0 Å². The van der Waals surface area contributed by atoms with Crippen molar-refractivity contribution in [1.82, 2.24) is 20.4 Å². The van der Waals surface area contributed by atoms with Crippen molar-refractivity contribution in [2.45, 2.75) is 6.18 Å². The zero-order chi connectivity index (χ0) is 21.7. The number of benzene rings is 1. The number of carbonyl (C=O) groups excluding carboxylic acids is 1. The van der Waals surface area contributed by atoms with Crippen LogP contribution in [0, 0.1) is 10.1 Å². The van der Waals surface area contributed by atoms with E-state index in [0.29, 0.717) is 0 Å². The molecule has 10 nitrogen and oxygen atoms in total. The lowest BCUT2D eigenvalue weighted by molar-refractivity contribution is -0.383. The Morgan fingerprint density at radius 2 is 1.80 bits per heavy atom. The third-order valence-corrected chi connectivity index (χ3v) is 3.65. The van der Waals surface area contributed by atoms with Crippen molar-refractivity contribution < 1.29 is 22.9 Å². The van der Waals surface area contributed by atoms with Crippen molar-refractivity contribution in [1.29, 1.82) is 0 Å². The zero-order valence-corrected chi connectivity index (χ0v) is 14.8. The second kappa shape index (κ2) is 8.38. The van der Waals surface area contributed by atoms with Crippen LogP contribution in [0.1, 0.15) is 16.1 Å². The first-order valence-corrected chi connectivity index (χ1v) is 8.17. The number of nitro groups is 1. The maximum atomic E-state index is 12.9. The second-order valence-electron chi connectivity index (χ2n) is 5.67. The topological polar surface area (TPSA) is 135 Å². The van der Waals surface area contributed by atoms with Crippen LogP contribution in [0.15, 0.2) is 55.0 Å². The minimum Gasteiger partial charge on any atom is -0.334 e. The monoisotopic (exact) mass is 419 g/mol. The van der Waals surface area contributed by atoms with Crippen molar-refractivity contribution in [2.24, 2.45) is 0 Å².